The van der Waals surface area contributed by atoms with Gasteiger partial charge in [-0.25, -0.2) is 0 Å². The van der Waals surface area contributed by atoms with Crippen LogP contribution in [0.5, 0.6) is 0 Å². The molecule has 2 heterocycles. The standard InChI is InChI=1S/C16H18N6.HI/c1-12-5-7-13(8-6-12)19-16(17)18-10-9-15-21-20-14-4-2-3-11-22(14)15;/h2-8,11H,9-10H2,1H3,(H3,17,18,19);1H. The van der Waals surface area contributed by atoms with Gasteiger partial charge in [-0.2, -0.15) is 0 Å². The summed E-state index contributed by atoms with van der Waals surface area (Å²) in [5, 5.41) is 11.3. The van der Waals surface area contributed by atoms with Crippen molar-refractivity contribution < 1.29 is 0 Å². The fourth-order valence-electron chi connectivity index (χ4n) is 2.16. The summed E-state index contributed by atoms with van der Waals surface area (Å²) in [5.41, 5.74) is 8.87. The Morgan fingerprint density at radius 1 is 1.17 bits per heavy atom. The van der Waals surface area contributed by atoms with E-state index in [1.807, 2.05) is 60.0 Å². The van der Waals surface area contributed by atoms with Crippen molar-refractivity contribution in [2.24, 2.45) is 10.7 Å². The van der Waals surface area contributed by atoms with Crippen LogP contribution in [-0.2, 0) is 6.42 Å². The van der Waals surface area contributed by atoms with Gasteiger partial charge in [-0.3, -0.25) is 9.39 Å². The summed E-state index contributed by atoms with van der Waals surface area (Å²) in [6.45, 7) is 2.60. The van der Waals surface area contributed by atoms with Crippen molar-refractivity contribution in [2.75, 3.05) is 11.9 Å². The van der Waals surface area contributed by atoms with E-state index in [9.17, 15) is 0 Å². The minimum atomic E-state index is 0. The van der Waals surface area contributed by atoms with Gasteiger partial charge in [0.1, 0.15) is 5.82 Å². The van der Waals surface area contributed by atoms with E-state index in [0.29, 0.717) is 18.9 Å². The van der Waals surface area contributed by atoms with Crippen LogP contribution >= 0.6 is 24.0 Å². The number of rotatable bonds is 4. The Balaban J connectivity index is 0.00000192. The zero-order chi connectivity index (χ0) is 15.4. The fraction of sp³-hybridized carbons (Fsp3) is 0.188. The van der Waals surface area contributed by atoms with E-state index in [1.54, 1.807) is 0 Å². The van der Waals surface area contributed by atoms with Crippen molar-refractivity contribution in [3.05, 3.63) is 60.0 Å². The molecule has 6 nitrogen and oxygen atoms in total. The van der Waals surface area contributed by atoms with Gasteiger partial charge < -0.3 is 11.1 Å². The van der Waals surface area contributed by atoms with Crippen LogP contribution in [0.4, 0.5) is 5.69 Å². The van der Waals surface area contributed by atoms with E-state index in [0.717, 1.165) is 17.2 Å². The highest BCUT2D eigenvalue weighted by Gasteiger charge is 2.03. The minimum Gasteiger partial charge on any atom is -0.370 e. The maximum absolute atomic E-state index is 5.89. The first kappa shape index (κ1) is 17.2. The molecule has 0 fully saturated rings. The van der Waals surface area contributed by atoms with Gasteiger partial charge in [0.05, 0.1) is 0 Å². The molecule has 3 N–H and O–H groups in total. The Labute approximate surface area is 151 Å². The number of pyridine rings is 1. The van der Waals surface area contributed by atoms with Crippen molar-refractivity contribution >= 4 is 41.3 Å². The highest BCUT2D eigenvalue weighted by atomic mass is 127. The Bertz CT molecular complexity index is 794. The maximum atomic E-state index is 5.89. The Morgan fingerprint density at radius 2 is 1.96 bits per heavy atom. The average molecular weight is 422 g/mol. The van der Waals surface area contributed by atoms with Gasteiger partial charge >= 0.3 is 0 Å². The third kappa shape index (κ3) is 4.41. The normalized spacial score (nSPS) is 11.3. The first-order valence-corrected chi connectivity index (χ1v) is 7.14. The van der Waals surface area contributed by atoms with E-state index >= 15 is 0 Å². The number of nitrogens with one attached hydrogen (secondary N) is 1. The molecule has 0 bridgehead atoms. The number of nitrogens with two attached hydrogens (primary N) is 1. The van der Waals surface area contributed by atoms with Gasteiger partial charge in [0.2, 0.25) is 0 Å². The highest BCUT2D eigenvalue weighted by Crippen LogP contribution is 2.08. The van der Waals surface area contributed by atoms with Crippen LogP contribution in [0.15, 0.2) is 53.7 Å². The minimum absolute atomic E-state index is 0. The van der Waals surface area contributed by atoms with Crippen molar-refractivity contribution in [3.8, 4) is 0 Å². The summed E-state index contributed by atoms with van der Waals surface area (Å²) < 4.78 is 1.96. The average Bonchev–Trinajstić information content (AvgIpc) is 2.93. The highest BCUT2D eigenvalue weighted by molar-refractivity contribution is 14.0. The number of anilines is 1. The molecule has 0 atom stereocenters. The lowest BCUT2D eigenvalue weighted by Gasteiger charge is -2.05. The fourth-order valence-corrected chi connectivity index (χ4v) is 2.16. The van der Waals surface area contributed by atoms with E-state index < -0.39 is 0 Å². The molecule has 0 saturated heterocycles. The molecule has 0 unspecified atom stereocenters. The second kappa shape index (κ2) is 7.91. The molecule has 0 aliphatic rings. The summed E-state index contributed by atoms with van der Waals surface area (Å²) >= 11 is 0. The quantitative estimate of drug-likeness (QED) is 0.385. The molecule has 0 saturated carbocycles. The zero-order valence-electron chi connectivity index (χ0n) is 12.8. The van der Waals surface area contributed by atoms with Gasteiger partial charge in [-0.15, -0.1) is 34.2 Å². The summed E-state index contributed by atoms with van der Waals surface area (Å²) in [4.78, 5) is 4.33. The number of fused-ring (bicyclic) bond motifs is 1. The molecule has 3 aromatic rings. The predicted octanol–water partition coefficient (Wildman–Crippen LogP) is 2.63. The molecule has 3 rings (SSSR count). The van der Waals surface area contributed by atoms with Crippen molar-refractivity contribution in [2.45, 2.75) is 13.3 Å². The smallest absolute Gasteiger partial charge is 0.193 e. The lowest BCUT2D eigenvalue weighted by Crippen LogP contribution is -2.23. The second-order valence-corrected chi connectivity index (χ2v) is 5.05. The number of aromatic nitrogens is 3. The van der Waals surface area contributed by atoms with Crippen LogP contribution in [0.25, 0.3) is 5.65 Å². The first-order valence-electron chi connectivity index (χ1n) is 7.14. The number of aryl methyl sites for hydroxylation is 1. The number of hydrogen-bond donors (Lipinski definition) is 2. The SMILES string of the molecule is Cc1ccc(NC(N)=NCCc2nnc3ccccn23)cc1.I. The van der Waals surface area contributed by atoms with Crippen LogP contribution in [0.3, 0.4) is 0 Å². The topological polar surface area (TPSA) is 80.6 Å². The number of benzene rings is 1. The molecule has 120 valence electrons. The number of aliphatic imine (C=N–C) groups is 1. The van der Waals surface area contributed by atoms with Crippen LogP contribution in [-0.4, -0.2) is 27.1 Å². The Hall–Kier alpha value is -2.16. The van der Waals surface area contributed by atoms with E-state index in [4.69, 9.17) is 5.73 Å². The summed E-state index contributed by atoms with van der Waals surface area (Å²) in [6.07, 6.45) is 2.63. The lowest BCUT2D eigenvalue weighted by atomic mass is 10.2. The molecular formula is C16H19IN6. The van der Waals surface area contributed by atoms with Gasteiger partial charge in [0.15, 0.2) is 11.6 Å². The van der Waals surface area contributed by atoms with E-state index in [1.165, 1.54) is 5.56 Å². The monoisotopic (exact) mass is 422 g/mol. The van der Waals surface area contributed by atoms with Crippen LogP contribution in [0.1, 0.15) is 11.4 Å². The lowest BCUT2D eigenvalue weighted by molar-refractivity contribution is 0.847. The molecule has 0 aliphatic carbocycles. The zero-order valence-corrected chi connectivity index (χ0v) is 15.1. The molecule has 0 spiro atoms. The molecule has 2 aromatic heterocycles. The largest absolute Gasteiger partial charge is 0.370 e. The van der Waals surface area contributed by atoms with Crippen molar-refractivity contribution in [1.82, 2.24) is 14.6 Å². The van der Waals surface area contributed by atoms with E-state index in [-0.39, 0.29) is 24.0 Å². The second-order valence-electron chi connectivity index (χ2n) is 5.05. The van der Waals surface area contributed by atoms with Gasteiger partial charge in [0.25, 0.3) is 0 Å². The molecule has 0 radical (unpaired) electrons. The first-order chi connectivity index (χ1) is 10.7. The molecule has 7 heteroatoms. The number of guanidine groups is 1. The molecule has 0 aliphatic heterocycles. The third-order valence-corrected chi connectivity index (χ3v) is 3.33. The summed E-state index contributed by atoms with van der Waals surface area (Å²) in [7, 11) is 0. The summed E-state index contributed by atoms with van der Waals surface area (Å²) in [5.74, 6) is 1.28. The predicted molar refractivity (Wildman–Crippen MR) is 103 cm³/mol. The van der Waals surface area contributed by atoms with E-state index in [2.05, 4.69) is 20.5 Å². The van der Waals surface area contributed by atoms with Crippen molar-refractivity contribution in [3.63, 3.8) is 0 Å². The molecule has 1 aromatic carbocycles. The van der Waals surface area contributed by atoms with Crippen LogP contribution in [0.2, 0.25) is 0 Å². The van der Waals surface area contributed by atoms with Crippen molar-refractivity contribution in [1.29, 1.82) is 0 Å². The number of hydrogen-bond acceptors (Lipinski definition) is 3. The Morgan fingerprint density at radius 3 is 2.74 bits per heavy atom. The third-order valence-electron chi connectivity index (χ3n) is 3.33. The molecular weight excluding hydrogens is 403 g/mol. The van der Waals surface area contributed by atoms with Crippen LogP contribution < -0.4 is 11.1 Å². The van der Waals surface area contributed by atoms with Gasteiger partial charge in [-0.1, -0.05) is 23.8 Å². The molecule has 0 amide bonds. The number of halogens is 1. The van der Waals surface area contributed by atoms with Crippen LogP contribution in [0, 0.1) is 6.92 Å². The molecule has 23 heavy (non-hydrogen) atoms. The van der Waals surface area contributed by atoms with Gasteiger partial charge in [0, 0.05) is 24.8 Å². The maximum Gasteiger partial charge on any atom is 0.193 e. The number of nitrogens with zero attached hydrogens (tertiary/aromatic N) is 4. The Kier molecular flexibility index (Phi) is 5.91. The summed E-state index contributed by atoms with van der Waals surface area (Å²) in [6, 6.07) is 13.8. The van der Waals surface area contributed by atoms with Gasteiger partial charge in [-0.05, 0) is 31.2 Å².